The molecule has 11 nitrogen and oxygen atoms in total. The van der Waals surface area contributed by atoms with Crippen molar-refractivity contribution in [3.8, 4) is 0 Å². The lowest BCUT2D eigenvalue weighted by Crippen LogP contribution is -2.43. The first-order chi connectivity index (χ1) is 17.6. The van der Waals surface area contributed by atoms with E-state index in [-0.39, 0.29) is 21.9 Å². The molecule has 5 rings (SSSR count). The highest BCUT2D eigenvalue weighted by Crippen LogP contribution is 2.39. The van der Waals surface area contributed by atoms with Crippen molar-refractivity contribution in [1.82, 2.24) is 24.9 Å². The smallest absolute Gasteiger partial charge is 0.240 e. The summed E-state index contributed by atoms with van der Waals surface area (Å²) in [6.07, 6.45) is 7.98. The Morgan fingerprint density at radius 2 is 1.68 bits per heavy atom. The molecular weight excluding hydrogens is 514 g/mol. The van der Waals surface area contributed by atoms with Gasteiger partial charge in [-0.05, 0) is 62.8 Å². The number of H-pyrrole nitrogens is 1. The Labute approximate surface area is 217 Å². The van der Waals surface area contributed by atoms with Gasteiger partial charge < -0.3 is 10.2 Å². The molecule has 2 aliphatic rings. The number of nitrogens with one attached hydrogen (secondary N) is 3. The molecular formula is C24H31N7O4S2. The van der Waals surface area contributed by atoms with E-state index in [0.717, 1.165) is 30.6 Å². The predicted molar refractivity (Wildman–Crippen MR) is 140 cm³/mol. The third-order valence-electron chi connectivity index (χ3n) is 6.94. The van der Waals surface area contributed by atoms with Crippen LogP contribution in [0, 0.1) is 0 Å². The fraction of sp³-hybridized carbons (Fsp3) is 0.458. The van der Waals surface area contributed by atoms with Gasteiger partial charge in [-0.15, -0.1) is 0 Å². The Morgan fingerprint density at radius 1 is 0.946 bits per heavy atom. The lowest BCUT2D eigenvalue weighted by atomic mass is 9.91. The molecule has 2 aliphatic carbocycles. The van der Waals surface area contributed by atoms with Crippen LogP contribution in [0.1, 0.15) is 50.1 Å². The molecule has 2 saturated carbocycles. The number of sulfone groups is 1. The Balaban J connectivity index is 1.18. The van der Waals surface area contributed by atoms with Crippen molar-refractivity contribution in [1.29, 1.82) is 0 Å². The van der Waals surface area contributed by atoms with E-state index in [1.165, 1.54) is 37.1 Å². The van der Waals surface area contributed by atoms with E-state index in [1.807, 2.05) is 18.0 Å². The van der Waals surface area contributed by atoms with Gasteiger partial charge in [0.1, 0.15) is 5.82 Å². The number of rotatable bonds is 9. The van der Waals surface area contributed by atoms with Crippen LogP contribution in [0.15, 0.2) is 52.4 Å². The number of benzene rings is 1. The molecule has 3 aromatic rings. The molecule has 0 spiro atoms. The maximum absolute atomic E-state index is 12.9. The highest BCUT2D eigenvalue weighted by atomic mass is 32.2. The molecule has 13 heteroatoms. The summed E-state index contributed by atoms with van der Waals surface area (Å²) < 4.78 is 52.2. The van der Waals surface area contributed by atoms with Crippen molar-refractivity contribution in [3.63, 3.8) is 0 Å². The molecule has 2 aromatic heterocycles. The quantitative estimate of drug-likeness (QED) is 0.369. The molecule has 3 N–H and O–H groups in total. The van der Waals surface area contributed by atoms with Gasteiger partial charge in [0.15, 0.2) is 15.7 Å². The molecule has 2 heterocycles. The van der Waals surface area contributed by atoms with E-state index >= 15 is 0 Å². The normalized spacial score (nSPS) is 20.5. The van der Waals surface area contributed by atoms with Crippen LogP contribution in [-0.4, -0.2) is 62.4 Å². The minimum Gasteiger partial charge on any atom is -0.341 e. The van der Waals surface area contributed by atoms with E-state index in [1.54, 1.807) is 12.3 Å². The van der Waals surface area contributed by atoms with Crippen LogP contribution in [0.3, 0.4) is 0 Å². The standard InChI is InChI=1S/C24H31N7O4S2/c1-31(24-25-13-12-22(27-24)26-23-15-21(28-29-23)16-6-7-16)18-10-8-17(9-11-18)30-37(34,35)20-5-3-4-19(14-20)36(2,32)33/h3-5,12-18,30H,6-11H2,1-2H3,(H2,25,26,27,28,29). The SMILES string of the molecule is CN(c1nccc(Nc2cc(C3CC3)[nH]n2)n1)C1CCC(NS(=O)(=O)c2cccc(S(C)(=O)=O)c2)CC1. The molecule has 0 bridgehead atoms. The van der Waals surface area contributed by atoms with Gasteiger partial charge in [-0.25, -0.2) is 26.5 Å². The van der Waals surface area contributed by atoms with Crippen molar-refractivity contribution < 1.29 is 16.8 Å². The second-order valence-electron chi connectivity index (χ2n) is 9.83. The van der Waals surface area contributed by atoms with Crippen LogP contribution in [0.25, 0.3) is 0 Å². The first kappa shape index (κ1) is 25.6. The third-order valence-corrected chi connectivity index (χ3v) is 9.57. The van der Waals surface area contributed by atoms with Gasteiger partial charge in [0.05, 0.1) is 9.79 Å². The van der Waals surface area contributed by atoms with Gasteiger partial charge >= 0.3 is 0 Å². The lowest BCUT2D eigenvalue weighted by molar-refractivity contribution is 0.363. The van der Waals surface area contributed by atoms with Crippen molar-refractivity contribution in [3.05, 3.63) is 48.3 Å². The molecule has 198 valence electrons. The summed E-state index contributed by atoms with van der Waals surface area (Å²) in [7, 11) is -5.39. The number of aromatic amines is 1. The zero-order valence-corrected chi connectivity index (χ0v) is 22.4. The average Bonchev–Trinajstić information content (AvgIpc) is 3.62. The minimum absolute atomic E-state index is 0.0203. The summed E-state index contributed by atoms with van der Waals surface area (Å²) in [6.45, 7) is 0. The van der Waals surface area contributed by atoms with Crippen molar-refractivity contribution >= 4 is 37.4 Å². The first-order valence-electron chi connectivity index (χ1n) is 12.3. The van der Waals surface area contributed by atoms with E-state index < -0.39 is 19.9 Å². The van der Waals surface area contributed by atoms with E-state index in [9.17, 15) is 16.8 Å². The Morgan fingerprint density at radius 3 is 2.38 bits per heavy atom. The zero-order chi connectivity index (χ0) is 26.2. The summed E-state index contributed by atoms with van der Waals surface area (Å²) in [5.41, 5.74) is 1.14. The molecule has 0 saturated heterocycles. The number of hydrogen-bond donors (Lipinski definition) is 3. The van der Waals surface area contributed by atoms with Crippen molar-refractivity contribution in [2.75, 3.05) is 23.5 Å². The lowest BCUT2D eigenvalue weighted by Gasteiger charge is -2.34. The van der Waals surface area contributed by atoms with Crippen molar-refractivity contribution in [2.45, 2.75) is 66.3 Å². The van der Waals surface area contributed by atoms with Gasteiger partial charge in [0.2, 0.25) is 16.0 Å². The van der Waals surface area contributed by atoms with Crippen LogP contribution < -0.4 is 14.9 Å². The summed E-state index contributed by atoms with van der Waals surface area (Å²) >= 11 is 0. The number of hydrogen-bond acceptors (Lipinski definition) is 9. The van der Waals surface area contributed by atoms with Crippen LogP contribution in [0.4, 0.5) is 17.6 Å². The highest BCUT2D eigenvalue weighted by Gasteiger charge is 2.29. The summed E-state index contributed by atoms with van der Waals surface area (Å²) in [4.78, 5) is 11.0. The Hall–Kier alpha value is -3.03. The molecule has 0 amide bonds. The molecule has 0 atom stereocenters. The molecule has 0 radical (unpaired) electrons. The topological polar surface area (TPSA) is 150 Å². The zero-order valence-electron chi connectivity index (χ0n) is 20.8. The number of anilines is 3. The molecule has 2 fully saturated rings. The first-order valence-corrected chi connectivity index (χ1v) is 15.7. The van der Waals surface area contributed by atoms with Gasteiger partial charge in [-0.2, -0.15) is 10.1 Å². The molecule has 1 aromatic carbocycles. The van der Waals surface area contributed by atoms with Gasteiger partial charge in [-0.3, -0.25) is 5.10 Å². The maximum Gasteiger partial charge on any atom is 0.240 e. The van der Waals surface area contributed by atoms with Gasteiger partial charge in [0, 0.05) is 49.3 Å². The number of sulfonamides is 1. The Bertz CT molecular complexity index is 1480. The molecule has 0 unspecified atom stereocenters. The second-order valence-corrected chi connectivity index (χ2v) is 13.6. The predicted octanol–water partition coefficient (Wildman–Crippen LogP) is 2.95. The average molecular weight is 546 g/mol. The fourth-order valence-electron chi connectivity index (χ4n) is 4.63. The van der Waals surface area contributed by atoms with E-state index in [0.29, 0.717) is 30.5 Å². The van der Waals surface area contributed by atoms with Gasteiger partial charge in [-0.1, -0.05) is 6.07 Å². The second kappa shape index (κ2) is 10.0. The van der Waals surface area contributed by atoms with E-state index in [2.05, 4.69) is 30.2 Å². The number of nitrogens with zero attached hydrogens (tertiary/aromatic N) is 4. The Kier molecular flexibility index (Phi) is 6.94. The van der Waals surface area contributed by atoms with Crippen LogP contribution >= 0.6 is 0 Å². The van der Waals surface area contributed by atoms with Crippen LogP contribution in [0.5, 0.6) is 0 Å². The van der Waals surface area contributed by atoms with Crippen molar-refractivity contribution in [2.24, 2.45) is 0 Å². The van der Waals surface area contributed by atoms with E-state index in [4.69, 9.17) is 0 Å². The maximum atomic E-state index is 12.9. The third kappa shape index (κ3) is 6.11. The summed E-state index contributed by atoms with van der Waals surface area (Å²) in [5.74, 6) is 2.56. The molecule has 37 heavy (non-hydrogen) atoms. The summed E-state index contributed by atoms with van der Waals surface area (Å²) in [6, 6.07) is 9.19. The van der Waals surface area contributed by atoms with Crippen LogP contribution in [0.2, 0.25) is 0 Å². The summed E-state index contributed by atoms with van der Waals surface area (Å²) in [5, 5.41) is 10.6. The van der Waals surface area contributed by atoms with Gasteiger partial charge in [0.25, 0.3) is 0 Å². The minimum atomic E-state index is -3.84. The highest BCUT2D eigenvalue weighted by molar-refractivity contribution is 7.91. The number of aromatic nitrogens is 4. The molecule has 0 aliphatic heterocycles. The fourth-order valence-corrected chi connectivity index (χ4v) is 6.72. The monoisotopic (exact) mass is 545 g/mol. The largest absolute Gasteiger partial charge is 0.341 e. The van der Waals surface area contributed by atoms with Crippen LogP contribution in [-0.2, 0) is 19.9 Å².